The number of pyridine rings is 1. The molecule has 0 aliphatic carbocycles. The first-order valence-corrected chi connectivity index (χ1v) is 5.61. The van der Waals surface area contributed by atoms with E-state index >= 15 is 0 Å². The summed E-state index contributed by atoms with van der Waals surface area (Å²) in [5, 5.41) is 10.9. The average molecular weight is 249 g/mol. The Balaban J connectivity index is 2.39. The lowest BCUT2D eigenvalue weighted by Gasteiger charge is -2.13. The molecule has 3 nitrogen and oxygen atoms in total. The van der Waals surface area contributed by atoms with Crippen molar-refractivity contribution in [3.05, 3.63) is 58.2 Å². The molecule has 0 aliphatic heterocycles. The van der Waals surface area contributed by atoms with Crippen LogP contribution in [0.4, 0.5) is 5.82 Å². The fourth-order valence-corrected chi connectivity index (χ4v) is 1.77. The Kier molecular flexibility index (Phi) is 3.31. The smallest absolute Gasteiger partial charge is 0.129 e. The molecule has 0 radical (unpaired) electrons. The van der Waals surface area contributed by atoms with E-state index in [1.54, 1.807) is 30.5 Å². The second-order valence-corrected chi connectivity index (χ2v) is 4.38. The highest BCUT2D eigenvalue weighted by molar-refractivity contribution is 6.30. The van der Waals surface area contributed by atoms with E-state index in [1.807, 2.05) is 13.0 Å². The molecule has 0 spiro atoms. The van der Waals surface area contributed by atoms with Gasteiger partial charge in [0.2, 0.25) is 0 Å². The Bertz CT molecular complexity index is 525. The van der Waals surface area contributed by atoms with Gasteiger partial charge in [0.1, 0.15) is 11.9 Å². The van der Waals surface area contributed by atoms with E-state index in [0.29, 0.717) is 16.4 Å². The first-order valence-electron chi connectivity index (χ1n) is 5.23. The number of aryl methyl sites for hydroxylation is 1. The highest BCUT2D eigenvalue weighted by Crippen LogP contribution is 2.26. The van der Waals surface area contributed by atoms with Crippen molar-refractivity contribution in [2.24, 2.45) is 0 Å². The number of aliphatic hydroxyl groups excluding tert-OH is 1. The van der Waals surface area contributed by atoms with Crippen molar-refractivity contribution >= 4 is 17.4 Å². The van der Waals surface area contributed by atoms with Gasteiger partial charge in [-0.3, -0.25) is 0 Å². The first kappa shape index (κ1) is 11.9. The first-order chi connectivity index (χ1) is 8.08. The molecule has 1 atom stereocenters. The minimum absolute atomic E-state index is 0.345. The van der Waals surface area contributed by atoms with Crippen LogP contribution >= 0.6 is 11.6 Å². The van der Waals surface area contributed by atoms with E-state index in [-0.39, 0.29) is 0 Å². The molecule has 1 heterocycles. The summed E-state index contributed by atoms with van der Waals surface area (Å²) < 4.78 is 0. The molecular weight excluding hydrogens is 236 g/mol. The van der Waals surface area contributed by atoms with Crippen LogP contribution < -0.4 is 5.73 Å². The monoisotopic (exact) mass is 248 g/mol. The summed E-state index contributed by atoms with van der Waals surface area (Å²) in [6.07, 6.45) is 0.896. The fraction of sp³-hybridized carbons (Fsp3) is 0.154. The van der Waals surface area contributed by atoms with Crippen molar-refractivity contribution in [1.29, 1.82) is 0 Å². The standard InChI is InChI=1S/C13H13ClN2O/c1-8-6-11(13(15)16-7-8)12(17)9-2-4-10(14)5-3-9/h2-7,12,17H,1H3,(H2,15,16). The minimum atomic E-state index is -0.778. The predicted molar refractivity (Wildman–Crippen MR) is 68.9 cm³/mol. The Labute approximate surface area is 105 Å². The molecule has 88 valence electrons. The SMILES string of the molecule is Cc1cnc(N)c(C(O)c2ccc(Cl)cc2)c1. The molecule has 0 saturated carbocycles. The zero-order chi connectivity index (χ0) is 12.4. The van der Waals surface area contributed by atoms with Crippen molar-refractivity contribution in [2.45, 2.75) is 13.0 Å². The van der Waals surface area contributed by atoms with Gasteiger partial charge in [-0.25, -0.2) is 4.98 Å². The highest BCUT2D eigenvalue weighted by Gasteiger charge is 2.14. The Morgan fingerprint density at radius 1 is 1.29 bits per heavy atom. The van der Waals surface area contributed by atoms with Crippen LogP contribution in [0.2, 0.25) is 5.02 Å². The average Bonchev–Trinajstić information content (AvgIpc) is 2.32. The van der Waals surface area contributed by atoms with Crippen LogP contribution in [-0.4, -0.2) is 10.1 Å². The number of nitrogens with zero attached hydrogens (tertiary/aromatic N) is 1. The molecule has 2 aromatic rings. The summed E-state index contributed by atoms with van der Waals surface area (Å²) in [5.41, 5.74) is 8.08. The lowest BCUT2D eigenvalue weighted by atomic mass is 10.0. The fourth-order valence-electron chi connectivity index (χ4n) is 1.65. The quantitative estimate of drug-likeness (QED) is 0.859. The van der Waals surface area contributed by atoms with Crippen LogP contribution in [-0.2, 0) is 0 Å². The number of halogens is 1. The number of anilines is 1. The zero-order valence-electron chi connectivity index (χ0n) is 9.39. The number of aromatic nitrogens is 1. The van der Waals surface area contributed by atoms with Crippen LogP contribution in [0.25, 0.3) is 0 Å². The molecular formula is C13H13ClN2O. The highest BCUT2D eigenvalue weighted by atomic mass is 35.5. The number of nitrogens with two attached hydrogens (primary N) is 1. The van der Waals surface area contributed by atoms with Gasteiger partial charge in [-0.1, -0.05) is 23.7 Å². The summed E-state index contributed by atoms with van der Waals surface area (Å²) in [6.45, 7) is 1.91. The van der Waals surface area contributed by atoms with Crippen LogP contribution in [0.3, 0.4) is 0 Å². The van der Waals surface area contributed by atoms with Crippen molar-refractivity contribution in [2.75, 3.05) is 5.73 Å². The van der Waals surface area contributed by atoms with Crippen molar-refractivity contribution < 1.29 is 5.11 Å². The van der Waals surface area contributed by atoms with Gasteiger partial charge in [0.25, 0.3) is 0 Å². The summed E-state index contributed by atoms with van der Waals surface area (Å²) >= 11 is 5.80. The maximum absolute atomic E-state index is 10.2. The third kappa shape index (κ3) is 2.57. The number of rotatable bonds is 2. The Morgan fingerprint density at radius 2 is 1.94 bits per heavy atom. The van der Waals surface area contributed by atoms with Gasteiger partial charge in [-0.15, -0.1) is 0 Å². The molecule has 0 amide bonds. The molecule has 2 rings (SSSR count). The molecule has 17 heavy (non-hydrogen) atoms. The predicted octanol–water partition coefficient (Wildman–Crippen LogP) is 2.71. The molecule has 1 unspecified atom stereocenters. The molecule has 3 N–H and O–H groups in total. The van der Waals surface area contributed by atoms with E-state index in [9.17, 15) is 5.11 Å². The second kappa shape index (κ2) is 4.73. The van der Waals surface area contributed by atoms with Crippen molar-refractivity contribution in [1.82, 2.24) is 4.98 Å². The van der Waals surface area contributed by atoms with Crippen LogP contribution in [0, 0.1) is 6.92 Å². The van der Waals surface area contributed by atoms with Crippen molar-refractivity contribution in [3.63, 3.8) is 0 Å². The Hall–Kier alpha value is -1.58. The molecule has 0 saturated heterocycles. The van der Waals surface area contributed by atoms with Gasteiger partial charge in [-0.05, 0) is 36.2 Å². The molecule has 1 aromatic carbocycles. The zero-order valence-corrected chi connectivity index (χ0v) is 10.1. The summed E-state index contributed by atoms with van der Waals surface area (Å²) in [7, 11) is 0. The van der Waals surface area contributed by atoms with Crippen LogP contribution in [0.1, 0.15) is 22.8 Å². The van der Waals surface area contributed by atoms with Gasteiger partial charge >= 0.3 is 0 Å². The molecule has 1 aromatic heterocycles. The van der Waals surface area contributed by atoms with Crippen LogP contribution in [0.15, 0.2) is 36.5 Å². The molecule has 0 aliphatic rings. The largest absolute Gasteiger partial charge is 0.384 e. The molecule has 4 heteroatoms. The van der Waals surface area contributed by atoms with Crippen molar-refractivity contribution in [3.8, 4) is 0 Å². The lowest BCUT2D eigenvalue weighted by molar-refractivity contribution is 0.220. The number of hydrogen-bond donors (Lipinski definition) is 2. The third-order valence-corrected chi connectivity index (χ3v) is 2.82. The minimum Gasteiger partial charge on any atom is -0.384 e. The number of aliphatic hydroxyl groups is 1. The van der Waals surface area contributed by atoms with Gasteiger partial charge < -0.3 is 10.8 Å². The Morgan fingerprint density at radius 3 is 2.59 bits per heavy atom. The van der Waals surface area contributed by atoms with Gasteiger partial charge in [-0.2, -0.15) is 0 Å². The summed E-state index contributed by atoms with van der Waals surface area (Å²) in [6, 6.07) is 8.85. The van der Waals surface area contributed by atoms with Gasteiger partial charge in [0.05, 0.1) is 0 Å². The number of nitrogen functional groups attached to an aromatic ring is 1. The third-order valence-electron chi connectivity index (χ3n) is 2.57. The van der Waals surface area contributed by atoms with E-state index < -0.39 is 6.10 Å². The lowest BCUT2D eigenvalue weighted by Crippen LogP contribution is -2.05. The second-order valence-electron chi connectivity index (χ2n) is 3.94. The van der Waals surface area contributed by atoms with E-state index in [0.717, 1.165) is 11.1 Å². The van der Waals surface area contributed by atoms with E-state index in [2.05, 4.69) is 4.98 Å². The number of benzene rings is 1. The summed E-state index contributed by atoms with van der Waals surface area (Å²) in [4.78, 5) is 4.03. The van der Waals surface area contributed by atoms with E-state index in [1.165, 1.54) is 0 Å². The van der Waals surface area contributed by atoms with Gasteiger partial charge in [0.15, 0.2) is 0 Å². The summed E-state index contributed by atoms with van der Waals surface area (Å²) in [5.74, 6) is 0.345. The van der Waals surface area contributed by atoms with E-state index in [4.69, 9.17) is 17.3 Å². The maximum Gasteiger partial charge on any atom is 0.129 e. The van der Waals surface area contributed by atoms with Crippen LogP contribution in [0.5, 0.6) is 0 Å². The molecule has 0 bridgehead atoms. The number of hydrogen-bond acceptors (Lipinski definition) is 3. The normalized spacial score (nSPS) is 12.4. The molecule has 0 fully saturated rings. The topological polar surface area (TPSA) is 59.1 Å². The van der Waals surface area contributed by atoms with Gasteiger partial charge in [0, 0.05) is 16.8 Å². The maximum atomic E-state index is 10.2.